The number of nitrogens with zero attached hydrogens (tertiary/aromatic N) is 4. The highest BCUT2D eigenvalue weighted by Gasteiger charge is 2.07. The van der Waals surface area contributed by atoms with Crippen LogP contribution in [0.3, 0.4) is 0 Å². The highest BCUT2D eigenvalue weighted by molar-refractivity contribution is 7.14. The smallest absolute Gasteiger partial charge is 0.275 e. The maximum Gasteiger partial charge on any atom is 0.275 e. The number of aromatic nitrogens is 3. The third kappa shape index (κ3) is 3.12. The van der Waals surface area contributed by atoms with Gasteiger partial charge in [-0.15, -0.1) is 0 Å². The average Bonchev–Trinajstić information content (AvgIpc) is 2.75. The number of aliphatic hydroxyl groups is 1. The van der Waals surface area contributed by atoms with Gasteiger partial charge in [-0.05, 0) is 20.4 Å². The molecule has 98 valence electrons. The second kappa shape index (κ2) is 5.55. The standard InChI is InChI=1S/C11H16N4O2S/c1-8(16)3-4-14(2)6-9-5-10(17)15-11(13-9)18-7-12-15/h5,7-8,16H,3-4,6H2,1-2H3. The summed E-state index contributed by atoms with van der Waals surface area (Å²) in [6.07, 6.45) is 0.396. The molecule has 7 heteroatoms. The minimum absolute atomic E-state index is 0.153. The first-order valence-corrected chi connectivity index (χ1v) is 6.63. The van der Waals surface area contributed by atoms with E-state index >= 15 is 0 Å². The fourth-order valence-corrected chi connectivity index (χ4v) is 2.29. The molecule has 2 aromatic heterocycles. The summed E-state index contributed by atoms with van der Waals surface area (Å²) in [4.78, 5) is 18.7. The van der Waals surface area contributed by atoms with Crippen LogP contribution >= 0.6 is 11.3 Å². The summed E-state index contributed by atoms with van der Waals surface area (Å²) in [6.45, 7) is 3.12. The molecule has 0 saturated heterocycles. The zero-order valence-corrected chi connectivity index (χ0v) is 11.2. The van der Waals surface area contributed by atoms with E-state index in [2.05, 4.69) is 10.1 Å². The lowest BCUT2D eigenvalue weighted by Gasteiger charge is -2.16. The molecule has 0 aliphatic heterocycles. The van der Waals surface area contributed by atoms with Crippen LogP contribution in [0.2, 0.25) is 0 Å². The van der Waals surface area contributed by atoms with Gasteiger partial charge in [0, 0.05) is 19.2 Å². The second-order valence-corrected chi connectivity index (χ2v) is 5.21. The third-order valence-electron chi connectivity index (χ3n) is 2.60. The highest BCUT2D eigenvalue weighted by atomic mass is 32.1. The third-order valence-corrected chi connectivity index (χ3v) is 3.28. The van der Waals surface area contributed by atoms with Gasteiger partial charge in [0.25, 0.3) is 5.56 Å². The number of rotatable bonds is 5. The maximum absolute atomic E-state index is 11.7. The summed E-state index contributed by atoms with van der Waals surface area (Å²) in [5, 5.41) is 13.1. The molecule has 2 aromatic rings. The largest absolute Gasteiger partial charge is 0.393 e. The van der Waals surface area contributed by atoms with Crippen molar-refractivity contribution in [2.24, 2.45) is 0 Å². The van der Waals surface area contributed by atoms with Crippen LogP contribution in [0.4, 0.5) is 0 Å². The van der Waals surface area contributed by atoms with Crippen molar-refractivity contribution in [3.8, 4) is 0 Å². The Kier molecular flexibility index (Phi) is 4.05. The average molecular weight is 268 g/mol. The lowest BCUT2D eigenvalue weighted by atomic mass is 10.2. The Hall–Kier alpha value is -1.31. The van der Waals surface area contributed by atoms with E-state index in [-0.39, 0.29) is 11.7 Å². The van der Waals surface area contributed by atoms with Crippen molar-refractivity contribution in [1.29, 1.82) is 0 Å². The van der Waals surface area contributed by atoms with Crippen LogP contribution in [0.15, 0.2) is 16.4 Å². The van der Waals surface area contributed by atoms with Crippen molar-refractivity contribution in [3.05, 3.63) is 27.6 Å². The van der Waals surface area contributed by atoms with Crippen LogP contribution in [0.5, 0.6) is 0 Å². The summed E-state index contributed by atoms with van der Waals surface area (Å²) >= 11 is 1.34. The SMILES string of the molecule is CC(O)CCN(C)Cc1cc(=O)n2ncsc2n1. The van der Waals surface area contributed by atoms with Gasteiger partial charge in [-0.3, -0.25) is 4.79 Å². The zero-order valence-electron chi connectivity index (χ0n) is 10.4. The van der Waals surface area contributed by atoms with Crippen LogP contribution in [-0.2, 0) is 6.54 Å². The minimum atomic E-state index is -0.310. The number of aliphatic hydroxyl groups excluding tert-OH is 1. The van der Waals surface area contributed by atoms with Crippen LogP contribution < -0.4 is 5.56 Å². The van der Waals surface area contributed by atoms with E-state index in [4.69, 9.17) is 0 Å². The Labute approximate surface area is 109 Å². The van der Waals surface area contributed by atoms with Gasteiger partial charge in [0.1, 0.15) is 5.51 Å². The molecule has 0 radical (unpaired) electrons. The molecule has 0 amide bonds. The van der Waals surface area contributed by atoms with Gasteiger partial charge in [0.05, 0.1) is 11.8 Å². The Balaban J connectivity index is 2.09. The topological polar surface area (TPSA) is 70.7 Å². The molecule has 18 heavy (non-hydrogen) atoms. The van der Waals surface area contributed by atoms with Gasteiger partial charge in [-0.25, -0.2) is 4.98 Å². The molecule has 1 unspecified atom stereocenters. The molecule has 2 heterocycles. The van der Waals surface area contributed by atoms with Gasteiger partial charge in [0.15, 0.2) is 0 Å². The maximum atomic E-state index is 11.7. The predicted molar refractivity (Wildman–Crippen MR) is 69.8 cm³/mol. The van der Waals surface area contributed by atoms with Crippen LogP contribution in [0, 0.1) is 0 Å². The van der Waals surface area contributed by atoms with Crippen LogP contribution in [-0.4, -0.2) is 44.3 Å². The molecule has 0 aromatic carbocycles. The molecule has 6 nitrogen and oxygen atoms in total. The monoisotopic (exact) mass is 268 g/mol. The van der Waals surface area contributed by atoms with E-state index < -0.39 is 0 Å². The molecule has 0 bridgehead atoms. The van der Waals surface area contributed by atoms with Crippen molar-refractivity contribution in [2.75, 3.05) is 13.6 Å². The fraction of sp³-hybridized carbons (Fsp3) is 0.545. The first kappa shape index (κ1) is 13.1. The number of fused-ring (bicyclic) bond motifs is 1. The quantitative estimate of drug-likeness (QED) is 0.847. The first-order chi connectivity index (χ1) is 8.56. The normalized spacial score (nSPS) is 13.3. The van der Waals surface area contributed by atoms with Crippen molar-refractivity contribution in [2.45, 2.75) is 26.0 Å². The van der Waals surface area contributed by atoms with E-state index in [1.165, 1.54) is 21.9 Å². The fourth-order valence-electron chi connectivity index (χ4n) is 1.64. The van der Waals surface area contributed by atoms with E-state index in [1.54, 1.807) is 12.4 Å². The summed E-state index contributed by atoms with van der Waals surface area (Å²) in [5.74, 6) is 0. The molecular formula is C11H16N4O2S. The van der Waals surface area contributed by atoms with E-state index in [1.807, 2.05) is 11.9 Å². The van der Waals surface area contributed by atoms with Crippen LogP contribution in [0.1, 0.15) is 19.0 Å². The predicted octanol–water partition coefficient (Wildman–Crippen LogP) is 0.354. The first-order valence-electron chi connectivity index (χ1n) is 5.75. The molecule has 0 fully saturated rings. The minimum Gasteiger partial charge on any atom is -0.393 e. The second-order valence-electron chi connectivity index (χ2n) is 4.39. The van der Waals surface area contributed by atoms with Gasteiger partial charge in [0.2, 0.25) is 4.96 Å². The molecule has 2 rings (SSSR count). The Bertz CT molecular complexity index is 578. The Morgan fingerprint density at radius 1 is 1.61 bits per heavy atom. The van der Waals surface area contributed by atoms with Gasteiger partial charge >= 0.3 is 0 Å². The van der Waals surface area contributed by atoms with E-state index in [0.29, 0.717) is 17.9 Å². The van der Waals surface area contributed by atoms with Crippen molar-refractivity contribution >= 4 is 16.3 Å². The number of hydrogen-bond acceptors (Lipinski definition) is 6. The van der Waals surface area contributed by atoms with Crippen molar-refractivity contribution < 1.29 is 5.11 Å². The van der Waals surface area contributed by atoms with Crippen molar-refractivity contribution in [3.63, 3.8) is 0 Å². The summed E-state index contributed by atoms with van der Waals surface area (Å²) in [6, 6.07) is 1.51. The van der Waals surface area contributed by atoms with Gasteiger partial charge < -0.3 is 10.0 Å². The summed E-state index contributed by atoms with van der Waals surface area (Å²) in [7, 11) is 1.94. The molecule has 1 atom stereocenters. The molecular weight excluding hydrogens is 252 g/mol. The summed E-state index contributed by atoms with van der Waals surface area (Å²) < 4.78 is 1.30. The lowest BCUT2D eigenvalue weighted by molar-refractivity contribution is 0.162. The van der Waals surface area contributed by atoms with Gasteiger partial charge in [-0.2, -0.15) is 9.61 Å². The molecule has 0 saturated carbocycles. The lowest BCUT2D eigenvalue weighted by Crippen LogP contribution is -2.24. The molecule has 1 N–H and O–H groups in total. The van der Waals surface area contributed by atoms with Gasteiger partial charge in [-0.1, -0.05) is 11.3 Å². The summed E-state index contributed by atoms with van der Waals surface area (Å²) in [5.41, 5.74) is 2.18. The van der Waals surface area contributed by atoms with E-state index in [0.717, 1.165) is 12.2 Å². The molecule has 0 aliphatic rings. The zero-order chi connectivity index (χ0) is 13.1. The Morgan fingerprint density at radius 2 is 2.39 bits per heavy atom. The van der Waals surface area contributed by atoms with Crippen molar-refractivity contribution in [1.82, 2.24) is 19.5 Å². The number of hydrogen-bond donors (Lipinski definition) is 1. The molecule has 0 spiro atoms. The van der Waals surface area contributed by atoms with Crippen LogP contribution in [0.25, 0.3) is 4.96 Å². The Morgan fingerprint density at radius 3 is 3.11 bits per heavy atom. The molecule has 0 aliphatic carbocycles. The van der Waals surface area contributed by atoms with E-state index in [9.17, 15) is 9.90 Å². The highest BCUT2D eigenvalue weighted by Crippen LogP contribution is 2.06.